The fourth-order valence-electron chi connectivity index (χ4n) is 2.36. The highest BCUT2D eigenvalue weighted by atomic mass is 32.2. The molecular weight excluding hydrogens is 416 g/mol. The number of likely N-dealkylation sites (N-methyl/N-ethyl adjacent to an activating group) is 1. The Labute approximate surface area is 175 Å². The maximum absolute atomic E-state index is 12.6. The number of carboxylic acids is 1. The van der Waals surface area contributed by atoms with Crippen molar-refractivity contribution in [3.8, 4) is 11.5 Å². The van der Waals surface area contributed by atoms with Crippen LogP contribution in [0.25, 0.3) is 6.08 Å². The molecule has 1 N–H and O–H groups in total. The van der Waals surface area contributed by atoms with Gasteiger partial charge in [0.15, 0.2) is 23.3 Å². The van der Waals surface area contributed by atoms with Crippen LogP contribution in [0.3, 0.4) is 0 Å². The van der Waals surface area contributed by atoms with Gasteiger partial charge in [0.1, 0.15) is 5.01 Å². The van der Waals surface area contributed by atoms with E-state index in [1.807, 2.05) is 13.8 Å². The Bertz CT molecular complexity index is 1000. The lowest BCUT2D eigenvalue weighted by Crippen LogP contribution is -2.23. The van der Waals surface area contributed by atoms with E-state index >= 15 is 0 Å². The first-order valence-corrected chi connectivity index (χ1v) is 10.2. The van der Waals surface area contributed by atoms with Crippen LogP contribution in [0.15, 0.2) is 28.1 Å². The predicted molar refractivity (Wildman–Crippen MR) is 111 cm³/mol. The summed E-state index contributed by atoms with van der Waals surface area (Å²) in [5.74, 6) is -0.524. The van der Waals surface area contributed by atoms with Gasteiger partial charge < -0.3 is 14.6 Å². The van der Waals surface area contributed by atoms with Crippen LogP contribution in [0, 0.1) is 6.92 Å². The second-order valence-corrected chi connectivity index (χ2v) is 7.96. The van der Waals surface area contributed by atoms with E-state index in [4.69, 9.17) is 14.6 Å². The molecule has 0 radical (unpaired) electrons. The van der Waals surface area contributed by atoms with Crippen molar-refractivity contribution in [1.82, 2.24) is 15.1 Å². The summed E-state index contributed by atoms with van der Waals surface area (Å²) >= 11 is 2.59. The van der Waals surface area contributed by atoms with Crippen molar-refractivity contribution < 1.29 is 24.2 Å². The van der Waals surface area contributed by atoms with Crippen molar-refractivity contribution in [1.29, 1.82) is 0 Å². The summed E-state index contributed by atoms with van der Waals surface area (Å²) in [7, 11) is 1.65. The van der Waals surface area contributed by atoms with Crippen LogP contribution in [0.5, 0.6) is 11.5 Å². The van der Waals surface area contributed by atoms with Crippen LogP contribution >= 0.6 is 23.1 Å². The summed E-state index contributed by atoms with van der Waals surface area (Å²) in [6.07, 6.45) is 1.72. The number of rotatable bonds is 7. The number of aromatic nitrogens is 2. The summed E-state index contributed by atoms with van der Waals surface area (Å²) in [6.45, 7) is 3.57. The van der Waals surface area contributed by atoms with Gasteiger partial charge in [-0.3, -0.25) is 9.69 Å². The van der Waals surface area contributed by atoms with Gasteiger partial charge in [0.25, 0.3) is 5.91 Å². The lowest BCUT2D eigenvalue weighted by molar-refractivity contribution is -0.139. The molecule has 1 aliphatic heterocycles. The highest BCUT2D eigenvalue weighted by molar-refractivity contribution is 8.18. The molecule has 1 aromatic heterocycles. The Balaban J connectivity index is 1.85. The third kappa shape index (κ3) is 5.12. The average molecular weight is 434 g/mol. The third-order valence-electron chi connectivity index (χ3n) is 3.63. The van der Waals surface area contributed by atoms with Crippen LogP contribution in [-0.2, 0) is 9.59 Å². The highest BCUT2D eigenvalue weighted by Gasteiger charge is 2.30. The zero-order valence-electron chi connectivity index (χ0n) is 15.9. The number of hydrogen-bond acceptors (Lipinski definition) is 9. The summed E-state index contributed by atoms with van der Waals surface area (Å²) in [4.78, 5) is 29.6. The number of hydrogen-bond donors (Lipinski definition) is 1. The lowest BCUT2D eigenvalue weighted by Gasteiger charge is -2.11. The van der Waals surface area contributed by atoms with Crippen molar-refractivity contribution in [3.05, 3.63) is 33.7 Å². The molecule has 29 heavy (non-hydrogen) atoms. The van der Waals surface area contributed by atoms with Crippen molar-refractivity contribution in [2.24, 2.45) is 4.99 Å². The molecule has 1 fully saturated rings. The number of thioether (sulfide) groups is 1. The van der Waals surface area contributed by atoms with Crippen LogP contribution in [0.4, 0.5) is 5.13 Å². The zero-order chi connectivity index (χ0) is 21.0. The molecule has 1 amide bonds. The molecule has 11 heteroatoms. The Morgan fingerprint density at radius 3 is 2.76 bits per heavy atom. The van der Waals surface area contributed by atoms with Gasteiger partial charge in [-0.1, -0.05) is 17.4 Å². The number of carbonyl (C=O) groups is 2. The van der Waals surface area contributed by atoms with Gasteiger partial charge in [-0.25, -0.2) is 4.79 Å². The van der Waals surface area contributed by atoms with Gasteiger partial charge in [0.05, 0.1) is 11.5 Å². The maximum Gasteiger partial charge on any atom is 0.341 e. The third-order valence-corrected chi connectivity index (χ3v) is 5.42. The molecule has 3 rings (SSSR count). The Hall–Kier alpha value is -2.92. The summed E-state index contributed by atoms with van der Waals surface area (Å²) in [6, 6.07) is 5.04. The van der Waals surface area contributed by atoms with Gasteiger partial charge in [0, 0.05) is 7.05 Å². The Morgan fingerprint density at radius 1 is 1.31 bits per heavy atom. The van der Waals surface area contributed by atoms with Gasteiger partial charge in [0.2, 0.25) is 5.13 Å². The molecule has 2 aromatic rings. The Kier molecular flexibility index (Phi) is 6.49. The molecule has 152 valence electrons. The number of amides is 1. The van der Waals surface area contributed by atoms with Crippen molar-refractivity contribution >= 4 is 51.4 Å². The number of aliphatic carboxylic acids is 1. The van der Waals surface area contributed by atoms with Crippen LogP contribution in [0.1, 0.15) is 17.5 Å². The van der Waals surface area contributed by atoms with E-state index < -0.39 is 12.6 Å². The fourth-order valence-corrected chi connectivity index (χ4v) is 3.94. The van der Waals surface area contributed by atoms with Crippen molar-refractivity contribution in [3.63, 3.8) is 0 Å². The summed E-state index contributed by atoms with van der Waals surface area (Å²) in [5, 5.41) is 18.5. The molecule has 0 atom stereocenters. The minimum absolute atomic E-state index is 0.181. The van der Waals surface area contributed by atoms with E-state index in [2.05, 4.69) is 15.2 Å². The first-order chi connectivity index (χ1) is 13.9. The average Bonchev–Trinajstić information content (AvgIpc) is 3.20. The summed E-state index contributed by atoms with van der Waals surface area (Å²) in [5.41, 5.74) is 0.716. The van der Waals surface area contributed by atoms with E-state index in [0.29, 0.717) is 38.9 Å². The zero-order valence-corrected chi connectivity index (χ0v) is 17.5. The molecular formula is C18H18N4O5S2. The molecule has 1 saturated heterocycles. The topological polar surface area (TPSA) is 114 Å². The number of nitrogens with zero attached hydrogens (tertiary/aromatic N) is 4. The Morgan fingerprint density at radius 2 is 2.10 bits per heavy atom. The molecule has 9 nitrogen and oxygen atoms in total. The van der Waals surface area contributed by atoms with Crippen LogP contribution in [0.2, 0.25) is 0 Å². The van der Waals surface area contributed by atoms with E-state index in [1.165, 1.54) is 28.0 Å². The maximum atomic E-state index is 12.6. The highest BCUT2D eigenvalue weighted by Crippen LogP contribution is 2.35. The number of carbonyl (C=O) groups excluding carboxylic acids is 1. The largest absolute Gasteiger partial charge is 0.490 e. The molecule has 0 unspecified atom stereocenters. The fraction of sp³-hybridized carbons (Fsp3) is 0.278. The van der Waals surface area contributed by atoms with E-state index in [1.54, 1.807) is 31.3 Å². The molecule has 0 bridgehead atoms. The quantitative estimate of drug-likeness (QED) is 0.662. The molecule has 1 aromatic carbocycles. The number of amidine groups is 1. The van der Waals surface area contributed by atoms with Crippen LogP contribution < -0.4 is 9.47 Å². The second-order valence-electron chi connectivity index (χ2n) is 5.79. The lowest BCUT2D eigenvalue weighted by atomic mass is 10.2. The molecule has 2 heterocycles. The minimum atomic E-state index is -1.08. The standard InChI is InChI=1S/C18H18N4O5S2/c1-4-26-13-7-11(5-6-12(13)27-9-15(23)24)8-14-16(25)22(3)18(29-14)19-17-21-20-10(2)28-17/h5-8H,4,9H2,1-3H3,(H,23,24)/b14-8+,19-18+. The monoisotopic (exact) mass is 434 g/mol. The molecule has 0 saturated carbocycles. The van der Waals surface area contributed by atoms with E-state index in [-0.39, 0.29) is 5.91 Å². The first kappa shape index (κ1) is 20.8. The first-order valence-electron chi connectivity index (χ1n) is 8.55. The molecule has 1 aliphatic rings. The van der Waals surface area contributed by atoms with Gasteiger partial charge in [-0.2, -0.15) is 4.99 Å². The minimum Gasteiger partial charge on any atom is -0.490 e. The predicted octanol–water partition coefficient (Wildman–Crippen LogP) is 2.94. The van der Waals surface area contributed by atoms with Gasteiger partial charge in [-0.05, 0) is 49.4 Å². The van der Waals surface area contributed by atoms with Crippen molar-refractivity contribution in [2.75, 3.05) is 20.3 Å². The van der Waals surface area contributed by atoms with E-state index in [0.717, 1.165) is 5.01 Å². The normalized spacial score (nSPS) is 16.7. The van der Waals surface area contributed by atoms with Crippen molar-refractivity contribution in [2.45, 2.75) is 13.8 Å². The second kappa shape index (κ2) is 9.05. The molecule has 0 spiro atoms. The van der Waals surface area contributed by atoms with Crippen LogP contribution in [-0.4, -0.2) is 57.5 Å². The molecule has 0 aliphatic carbocycles. The number of ether oxygens (including phenoxy) is 2. The van der Waals surface area contributed by atoms with E-state index in [9.17, 15) is 9.59 Å². The number of aliphatic imine (C=N–C) groups is 1. The smallest absolute Gasteiger partial charge is 0.341 e. The number of aryl methyl sites for hydroxylation is 1. The SMILES string of the molecule is CCOc1cc(/C=C2/S/C(=N/c3nnc(C)s3)N(C)C2=O)ccc1OCC(=O)O. The summed E-state index contributed by atoms with van der Waals surface area (Å²) < 4.78 is 10.8. The van der Waals surface area contributed by atoms with Gasteiger partial charge in [-0.15, -0.1) is 10.2 Å². The number of carboxylic acid groups (broad SMARTS) is 1. The van der Waals surface area contributed by atoms with Gasteiger partial charge >= 0.3 is 5.97 Å². The number of benzene rings is 1.